The van der Waals surface area contributed by atoms with Gasteiger partial charge in [0.1, 0.15) is 17.8 Å². The van der Waals surface area contributed by atoms with Gasteiger partial charge in [0, 0.05) is 5.56 Å². The van der Waals surface area contributed by atoms with Gasteiger partial charge in [-0.1, -0.05) is 35.3 Å². The lowest BCUT2D eigenvalue weighted by atomic mass is 10.1. The first-order valence-electron chi connectivity index (χ1n) is 6.31. The molecule has 0 aliphatic carbocycles. The molecular formula is C15H13BN2O2+. The molecule has 2 aromatic carbocycles. The predicted octanol–water partition coefficient (Wildman–Crippen LogP) is 1.48. The molecule has 1 heterocycles. The Morgan fingerprint density at radius 3 is 2.80 bits per heavy atom. The molecule has 0 aliphatic rings. The number of nitrogens with zero attached hydrogens (tertiary/aromatic N) is 2. The Morgan fingerprint density at radius 1 is 1.10 bits per heavy atom. The molecule has 5 heteroatoms. The Morgan fingerprint density at radius 2 is 1.90 bits per heavy atom. The van der Waals surface area contributed by atoms with E-state index in [9.17, 15) is 0 Å². The highest BCUT2D eigenvalue weighted by Crippen LogP contribution is 2.17. The van der Waals surface area contributed by atoms with Crippen LogP contribution in [0.25, 0.3) is 10.9 Å². The third-order valence-electron chi connectivity index (χ3n) is 3.16. The molecule has 0 fully saturated rings. The molecule has 0 spiro atoms. The number of para-hydroxylation sites is 2. The Balaban J connectivity index is 2.01. The van der Waals surface area contributed by atoms with Crippen LogP contribution in [0.5, 0.6) is 5.75 Å². The minimum atomic E-state index is 0.623. The smallest absolute Gasteiger partial charge is 0.537 e. The van der Waals surface area contributed by atoms with Crippen LogP contribution in [0.2, 0.25) is 0 Å². The van der Waals surface area contributed by atoms with Gasteiger partial charge >= 0.3 is 7.69 Å². The second-order valence-corrected chi connectivity index (χ2v) is 4.41. The SMILES string of the molecule is O[B]Oc1ccccc1C[n+]1cncc2ccccc21. The van der Waals surface area contributed by atoms with E-state index in [2.05, 4.69) is 15.6 Å². The van der Waals surface area contributed by atoms with E-state index in [1.165, 1.54) is 0 Å². The topological polar surface area (TPSA) is 46.2 Å². The average Bonchev–Trinajstić information content (AvgIpc) is 2.50. The molecule has 0 aliphatic heterocycles. The second kappa shape index (κ2) is 5.71. The molecular weight excluding hydrogens is 251 g/mol. The van der Waals surface area contributed by atoms with Gasteiger partial charge in [-0.25, -0.2) is 4.57 Å². The van der Waals surface area contributed by atoms with Gasteiger partial charge in [0.25, 0.3) is 6.33 Å². The van der Waals surface area contributed by atoms with E-state index >= 15 is 0 Å². The normalized spacial score (nSPS) is 10.4. The largest absolute Gasteiger partial charge is 0.569 e. The summed E-state index contributed by atoms with van der Waals surface area (Å²) in [6.45, 7) is 0.623. The fraction of sp³-hybridized carbons (Fsp3) is 0.0667. The Kier molecular flexibility index (Phi) is 3.61. The quantitative estimate of drug-likeness (QED) is 0.573. The molecule has 97 valence electrons. The van der Waals surface area contributed by atoms with Crippen LogP contribution in [0.15, 0.2) is 61.1 Å². The average molecular weight is 264 g/mol. The zero-order chi connectivity index (χ0) is 13.8. The van der Waals surface area contributed by atoms with Crippen LogP contribution in [-0.4, -0.2) is 17.7 Å². The monoisotopic (exact) mass is 264 g/mol. The standard InChI is InChI=1S/C15H13BN2O2/c19-16-20-15-8-4-2-6-13(15)10-18-11-17-9-12-5-1-3-7-14(12)18/h1-9,11,19H,10H2/q+1. The van der Waals surface area contributed by atoms with E-state index in [0.29, 0.717) is 20.0 Å². The summed E-state index contributed by atoms with van der Waals surface area (Å²) in [5, 5.41) is 9.90. The van der Waals surface area contributed by atoms with E-state index in [1.54, 1.807) is 6.33 Å². The van der Waals surface area contributed by atoms with Crippen molar-refractivity contribution in [3.8, 4) is 5.75 Å². The minimum absolute atomic E-state index is 0.623. The molecule has 0 saturated heterocycles. The van der Waals surface area contributed by atoms with E-state index in [-0.39, 0.29) is 0 Å². The van der Waals surface area contributed by atoms with E-state index in [0.717, 1.165) is 16.5 Å². The van der Waals surface area contributed by atoms with Crippen molar-refractivity contribution in [2.75, 3.05) is 0 Å². The van der Waals surface area contributed by atoms with Gasteiger partial charge in [0.15, 0.2) is 6.20 Å². The molecule has 4 nitrogen and oxygen atoms in total. The van der Waals surface area contributed by atoms with Crippen molar-refractivity contribution >= 4 is 18.6 Å². The number of hydrogen-bond acceptors (Lipinski definition) is 3. The number of hydrogen-bond donors (Lipinski definition) is 1. The summed E-state index contributed by atoms with van der Waals surface area (Å²) in [5.41, 5.74) is 2.08. The van der Waals surface area contributed by atoms with E-state index < -0.39 is 0 Å². The Bertz CT molecular complexity index is 728. The maximum Gasteiger partial charge on any atom is 0.569 e. The van der Waals surface area contributed by atoms with Gasteiger partial charge in [-0.3, -0.25) is 0 Å². The fourth-order valence-corrected chi connectivity index (χ4v) is 2.23. The van der Waals surface area contributed by atoms with Crippen LogP contribution < -0.4 is 9.22 Å². The van der Waals surface area contributed by atoms with Gasteiger partial charge in [-0.2, -0.15) is 0 Å². The van der Waals surface area contributed by atoms with Gasteiger partial charge < -0.3 is 9.68 Å². The molecule has 0 amide bonds. The lowest BCUT2D eigenvalue weighted by molar-refractivity contribution is -0.665. The first kappa shape index (κ1) is 12.6. The van der Waals surface area contributed by atoms with Gasteiger partial charge in [-0.15, -0.1) is 0 Å². The highest BCUT2D eigenvalue weighted by atomic mass is 16.5. The molecule has 3 aromatic rings. The summed E-state index contributed by atoms with van der Waals surface area (Å²) in [4.78, 5) is 4.25. The zero-order valence-electron chi connectivity index (χ0n) is 10.8. The molecule has 0 bridgehead atoms. The summed E-state index contributed by atoms with van der Waals surface area (Å²) in [7, 11) is 0.699. The summed E-state index contributed by atoms with van der Waals surface area (Å²) in [6, 6.07) is 15.7. The number of benzene rings is 2. The highest BCUT2D eigenvalue weighted by Gasteiger charge is 2.10. The van der Waals surface area contributed by atoms with E-state index in [1.807, 2.05) is 48.7 Å². The summed E-state index contributed by atoms with van der Waals surface area (Å²) in [5.74, 6) is 0.635. The lowest BCUT2D eigenvalue weighted by Gasteiger charge is -2.09. The molecule has 20 heavy (non-hydrogen) atoms. The maximum absolute atomic E-state index is 8.82. The molecule has 1 radical (unpaired) electrons. The van der Waals surface area contributed by atoms with Crippen molar-refractivity contribution in [1.82, 2.24) is 4.98 Å². The number of aromatic nitrogens is 2. The van der Waals surface area contributed by atoms with Crippen LogP contribution in [0.3, 0.4) is 0 Å². The Hall–Kier alpha value is -2.40. The van der Waals surface area contributed by atoms with Crippen molar-refractivity contribution < 1.29 is 14.2 Å². The zero-order valence-corrected chi connectivity index (χ0v) is 10.8. The van der Waals surface area contributed by atoms with E-state index in [4.69, 9.17) is 9.68 Å². The Labute approximate surface area is 117 Å². The number of fused-ring (bicyclic) bond motifs is 1. The van der Waals surface area contributed by atoms with Crippen molar-refractivity contribution in [3.63, 3.8) is 0 Å². The summed E-state index contributed by atoms with van der Waals surface area (Å²) >= 11 is 0. The third-order valence-corrected chi connectivity index (χ3v) is 3.16. The van der Waals surface area contributed by atoms with Gasteiger partial charge in [0.05, 0.1) is 5.39 Å². The maximum atomic E-state index is 8.82. The van der Waals surface area contributed by atoms with Crippen LogP contribution >= 0.6 is 0 Å². The summed E-state index contributed by atoms with van der Waals surface area (Å²) < 4.78 is 7.17. The molecule has 1 aromatic heterocycles. The predicted molar refractivity (Wildman–Crippen MR) is 76.1 cm³/mol. The van der Waals surface area contributed by atoms with Crippen LogP contribution in [0.4, 0.5) is 0 Å². The fourth-order valence-electron chi connectivity index (χ4n) is 2.23. The van der Waals surface area contributed by atoms with Crippen molar-refractivity contribution in [1.29, 1.82) is 0 Å². The molecule has 1 N–H and O–H groups in total. The molecule has 0 saturated carbocycles. The second-order valence-electron chi connectivity index (χ2n) is 4.41. The highest BCUT2D eigenvalue weighted by molar-refractivity contribution is 6.17. The van der Waals surface area contributed by atoms with Crippen molar-refractivity contribution in [2.45, 2.75) is 6.54 Å². The third kappa shape index (κ3) is 2.48. The molecule has 0 unspecified atom stereocenters. The van der Waals surface area contributed by atoms with Gasteiger partial charge in [-0.05, 0) is 18.2 Å². The van der Waals surface area contributed by atoms with Crippen LogP contribution in [0.1, 0.15) is 5.56 Å². The minimum Gasteiger partial charge on any atom is -0.537 e. The van der Waals surface area contributed by atoms with Crippen LogP contribution in [-0.2, 0) is 6.54 Å². The van der Waals surface area contributed by atoms with Gasteiger partial charge in [0.2, 0.25) is 0 Å². The first-order valence-corrected chi connectivity index (χ1v) is 6.31. The van der Waals surface area contributed by atoms with Crippen LogP contribution in [0, 0.1) is 0 Å². The molecule has 3 rings (SSSR count). The number of rotatable bonds is 4. The van der Waals surface area contributed by atoms with Crippen molar-refractivity contribution in [2.24, 2.45) is 0 Å². The first-order chi connectivity index (χ1) is 9.88. The molecule has 0 atom stereocenters. The van der Waals surface area contributed by atoms with Crippen molar-refractivity contribution in [3.05, 3.63) is 66.6 Å². The lowest BCUT2D eigenvalue weighted by Crippen LogP contribution is -2.35. The summed E-state index contributed by atoms with van der Waals surface area (Å²) in [6.07, 6.45) is 3.64.